The summed E-state index contributed by atoms with van der Waals surface area (Å²) < 4.78 is 16.1. The highest BCUT2D eigenvalue weighted by atomic mass is 32.1. The smallest absolute Gasteiger partial charge is 0.258 e. The van der Waals surface area contributed by atoms with Crippen molar-refractivity contribution in [3.63, 3.8) is 0 Å². The summed E-state index contributed by atoms with van der Waals surface area (Å²) in [5.41, 5.74) is 3.29. The number of hydrogen-bond acceptors (Lipinski definition) is 7. The fourth-order valence-electron chi connectivity index (χ4n) is 3.77. The summed E-state index contributed by atoms with van der Waals surface area (Å²) in [5.74, 6) is 2.03. The molecule has 2 N–H and O–H groups in total. The Morgan fingerprint density at radius 3 is 2.53 bits per heavy atom. The Kier molecular flexibility index (Phi) is 6.00. The molecular formula is C23H24N4O4S. The fraction of sp³-hybridized carbons (Fsp3) is 0.261. The summed E-state index contributed by atoms with van der Waals surface area (Å²) in [4.78, 5) is 6.64. The first-order valence-corrected chi connectivity index (χ1v) is 10.5. The van der Waals surface area contributed by atoms with Crippen molar-refractivity contribution in [2.24, 2.45) is 0 Å². The topological polar surface area (TPSA) is 92.9 Å². The first kappa shape index (κ1) is 21.6. The first-order chi connectivity index (χ1) is 15.5. The molecule has 0 aliphatic carbocycles. The number of methoxy groups -OCH3 is 2. The quantitative estimate of drug-likeness (QED) is 0.535. The molecule has 0 radical (unpaired) electrons. The lowest BCUT2D eigenvalue weighted by atomic mass is 9.94. The molecular weight excluding hydrogens is 428 g/mol. The maximum atomic E-state index is 10.3. The number of phenols is 1. The molecule has 166 valence electrons. The van der Waals surface area contributed by atoms with E-state index < -0.39 is 0 Å². The van der Waals surface area contributed by atoms with Crippen LogP contribution in [-0.4, -0.2) is 46.0 Å². The van der Waals surface area contributed by atoms with Crippen LogP contribution in [0.1, 0.15) is 31.3 Å². The average molecular weight is 453 g/mol. The number of rotatable bonds is 6. The standard InChI is InChI=1S/C23H24N4O4S/c1-5-27-13(2)19(20(24-23(27)32)15-8-11-18(30-4)17(28)12-15)22-25-21(26-31-22)14-6-9-16(29-3)10-7-14/h6-12,20,28H,5H2,1-4H3,(H,24,32). The van der Waals surface area contributed by atoms with Crippen LogP contribution in [0.3, 0.4) is 0 Å². The molecule has 2 heterocycles. The fourth-order valence-corrected chi connectivity index (χ4v) is 4.15. The van der Waals surface area contributed by atoms with Crippen LogP contribution < -0.4 is 14.8 Å². The Balaban J connectivity index is 1.79. The monoisotopic (exact) mass is 452 g/mol. The second-order valence-electron chi connectivity index (χ2n) is 7.21. The minimum absolute atomic E-state index is 0.0390. The zero-order valence-corrected chi connectivity index (χ0v) is 19.1. The molecule has 1 aromatic heterocycles. The normalized spacial score (nSPS) is 16.2. The Morgan fingerprint density at radius 2 is 1.91 bits per heavy atom. The van der Waals surface area contributed by atoms with Crippen LogP contribution in [0.5, 0.6) is 17.2 Å². The van der Waals surface area contributed by atoms with Gasteiger partial charge in [0.25, 0.3) is 5.89 Å². The van der Waals surface area contributed by atoms with Gasteiger partial charge in [0.1, 0.15) is 5.75 Å². The van der Waals surface area contributed by atoms with Crippen LogP contribution in [0.15, 0.2) is 52.7 Å². The highest BCUT2D eigenvalue weighted by Gasteiger charge is 2.34. The van der Waals surface area contributed by atoms with Crippen molar-refractivity contribution < 1.29 is 19.1 Å². The molecule has 0 spiro atoms. The van der Waals surface area contributed by atoms with Gasteiger partial charge in [-0.25, -0.2) is 0 Å². The number of ether oxygens (including phenoxy) is 2. The number of hydrogen-bond donors (Lipinski definition) is 2. The predicted molar refractivity (Wildman–Crippen MR) is 124 cm³/mol. The average Bonchev–Trinajstić information content (AvgIpc) is 3.28. The highest BCUT2D eigenvalue weighted by Crippen LogP contribution is 2.39. The Hall–Kier alpha value is -3.59. The molecule has 0 bridgehead atoms. The Bertz CT molecular complexity index is 1170. The van der Waals surface area contributed by atoms with E-state index in [2.05, 4.69) is 15.5 Å². The molecule has 9 heteroatoms. The molecule has 0 amide bonds. The van der Waals surface area contributed by atoms with Crippen LogP contribution in [-0.2, 0) is 0 Å². The molecule has 4 rings (SSSR count). The number of thiocarbonyl (C=S) groups is 1. The highest BCUT2D eigenvalue weighted by molar-refractivity contribution is 7.80. The van der Waals surface area contributed by atoms with Gasteiger partial charge in [-0.3, -0.25) is 0 Å². The zero-order valence-electron chi connectivity index (χ0n) is 18.2. The van der Waals surface area contributed by atoms with Crippen LogP contribution in [0.25, 0.3) is 17.0 Å². The van der Waals surface area contributed by atoms with Gasteiger partial charge in [0.15, 0.2) is 16.6 Å². The third kappa shape index (κ3) is 3.87. The molecule has 2 aromatic carbocycles. The Labute approximate surface area is 191 Å². The van der Waals surface area contributed by atoms with Gasteiger partial charge in [-0.05, 0) is 68.0 Å². The van der Waals surface area contributed by atoms with Gasteiger partial charge in [0.05, 0.1) is 25.8 Å². The van der Waals surface area contributed by atoms with E-state index in [9.17, 15) is 5.11 Å². The number of aromatic nitrogens is 2. The van der Waals surface area contributed by atoms with E-state index >= 15 is 0 Å². The van der Waals surface area contributed by atoms with Crippen molar-refractivity contribution >= 4 is 22.9 Å². The minimum Gasteiger partial charge on any atom is -0.504 e. The van der Waals surface area contributed by atoms with Gasteiger partial charge < -0.3 is 29.3 Å². The van der Waals surface area contributed by atoms with Gasteiger partial charge >= 0.3 is 0 Å². The molecule has 8 nitrogen and oxygen atoms in total. The molecule has 0 fully saturated rings. The maximum absolute atomic E-state index is 10.3. The van der Waals surface area contributed by atoms with Crippen LogP contribution in [0.4, 0.5) is 0 Å². The van der Waals surface area contributed by atoms with Gasteiger partial charge in [-0.1, -0.05) is 11.2 Å². The first-order valence-electron chi connectivity index (χ1n) is 10.1. The van der Waals surface area contributed by atoms with Crippen LogP contribution >= 0.6 is 12.2 Å². The molecule has 0 saturated carbocycles. The zero-order chi connectivity index (χ0) is 22.8. The largest absolute Gasteiger partial charge is 0.504 e. The summed E-state index contributed by atoms with van der Waals surface area (Å²) in [5, 5.41) is 18.4. The lowest BCUT2D eigenvalue weighted by molar-refractivity contribution is 0.372. The summed E-state index contributed by atoms with van der Waals surface area (Å²) in [6.07, 6.45) is 0. The van der Waals surface area contributed by atoms with E-state index in [1.165, 1.54) is 7.11 Å². The predicted octanol–water partition coefficient (Wildman–Crippen LogP) is 4.14. The van der Waals surface area contributed by atoms with Crippen molar-refractivity contribution in [3.05, 3.63) is 59.6 Å². The van der Waals surface area contributed by atoms with Crippen molar-refractivity contribution in [1.29, 1.82) is 0 Å². The Morgan fingerprint density at radius 1 is 1.16 bits per heavy atom. The van der Waals surface area contributed by atoms with E-state index in [0.29, 0.717) is 29.1 Å². The summed E-state index contributed by atoms with van der Waals surface area (Å²) in [6.45, 7) is 4.67. The molecule has 1 aliphatic heterocycles. The van der Waals surface area contributed by atoms with E-state index in [4.69, 9.17) is 26.2 Å². The van der Waals surface area contributed by atoms with E-state index in [1.807, 2.05) is 49.1 Å². The second-order valence-corrected chi connectivity index (χ2v) is 7.60. The van der Waals surface area contributed by atoms with Crippen LogP contribution in [0.2, 0.25) is 0 Å². The number of nitrogens with one attached hydrogen (secondary N) is 1. The number of aromatic hydroxyl groups is 1. The number of benzene rings is 2. The van der Waals surface area contributed by atoms with Crippen molar-refractivity contribution in [2.75, 3.05) is 20.8 Å². The van der Waals surface area contributed by atoms with Crippen LogP contribution in [0, 0.1) is 0 Å². The van der Waals surface area contributed by atoms with Crippen molar-refractivity contribution in [1.82, 2.24) is 20.4 Å². The molecule has 1 unspecified atom stereocenters. The van der Waals surface area contributed by atoms with Gasteiger partial charge in [-0.2, -0.15) is 4.98 Å². The third-order valence-electron chi connectivity index (χ3n) is 5.45. The van der Waals surface area contributed by atoms with E-state index in [-0.39, 0.29) is 11.8 Å². The van der Waals surface area contributed by atoms with Gasteiger partial charge in [0.2, 0.25) is 5.82 Å². The molecule has 1 atom stereocenters. The van der Waals surface area contributed by atoms with Crippen molar-refractivity contribution in [2.45, 2.75) is 19.9 Å². The second kappa shape index (κ2) is 8.88. The molecule has 0 saturated heterocycles. The van der Waals surface area contributed by atoms with Gasteiger partial charge in [-0.15, -0.1) is 0 Å². The summed E-state index contributed by atoms with van der Waals surface area (Å²) in [6, 6.07) is 12.3. The number of allylic oxidation sites excluding steroid dienone is 1. The minimum atomic E-state index is -0.383. The number of nitrogens with zero attached hydrogens (tertiary/aromatic N) is 3. The van der Waals surface area contributed by atoms with E-state index in [0.717, 1.165) is 28.1 Å². The summed E-state index contributed by atoms with van der Waals surface area (Å²) in [7, 11) is 3.13. The van der Waals surface area contributed by atoms with E-state index in [1.54, 1.807) is 19.2 Å². The molecule has 3 aromatic rings. The van der Waals surface area contributed by atoms with Gasteiger partial charge in [0, 0.05) is 17.8 Å². The lowest BCUT2D eigenvalue weighted by Crippen LogP contribution is -2.45. The SMILES string of the molecule is CCN1C(=S)NC(c2ccc(OC)c(O)c2)C(c2nc(-c3ccc(OC)cc3)no2)=C1C. The number of phenolic OH excluding ortho intramolecular Hbond substituents is 1. The summed E-state index contributed by atoms with van der Waals surface area (Å²) >= 11 is 5.59. The third-order valence-corrected chi connectivity index (χ3v) is 5.79. The van der Waals surface area contributed by atoms with Crippen molar-refractivity contribution in [3.8, 4) is 28.6 Å². The molecule has 32 heavy (non-hydrogen) atoms. The lowest BCUT2D eigenvalue weighted by Gasteiger charge is -2.36. The molecule has 1 aliphatic rings. The maximum Gasteiger partial charge on any atom is 0.258 e.